The molecule has 1 fully saturated rings. The van der Waals surface area contributed by atoms with Gasteiger partial charge in [0.25, 0.3) is 10.2 Å². The zero-order valence-corrected chi connectivity index (χ0v) is 12.1. The second-order valence-electron chi connectivity index (χ2n) is 4.73. The van der Waals surface area contributed by atoms with E-state index in [0.717, 1.165) is 32.1 Å². The van der Waals surface area contributed by atoms with E-state index in [2.05, 4.69) is 11.6 Å². The molecule has 0 aromatic heterocycles. The molecule has 1 heterocycles. The van der Waals surface area contributed by atoms with Gasteiger partial charge < -0.3 is 0 Å². The summed E-state index contributed by atoms with van der Waals surface area (Å²) in [5.41, 5.74) is 0. The highest BCUT2D eigenvalue weighted by atomic mass is 35.5. The fraction of sp³-hybridized carbons (Fsp3) is 1.00. The molecule has 0 aromatic rings. The molecule has 1 aliphatic heterocycles. The largest absolute Gasteiger partial charge is 0.279 e. The molecule has 0 amide bonds. The summed E-state index contributed by atoms with van der Waals surface area (Å²) < 4.78 is 28.0. The summed E-state index contributed by atoms with van der Waals surface area (Å²) in [4.78, 5) is 0. The van der Waals surface area contributed by atoms with Gasteiger partial charge in [0.15, 0.2) is 0 Å². The van der Waals surface area contributed by atoms with E-state index >= 15 is 0 Å². The third-order valence-corrected chi connectivity index (χ3v) is 5.06. The number of piperidine rings is 1. The zero-order valence-electron chi connectivity index (χ0n) is 10.5. The Kier molecular flexibility index (Phi) is 6.77. The van der Waals surface area contributed by atoms with Crippen LogP contribution in [0.1, 0.15) is 39.0 Å². The molecular weight excluding hydrogens is 260 g/mol. The van der Waals surface area contributed by atoms with Gasteiger partial charge in [-0.1, -0.05) is 13.3 Å². The van der Waals surface area contributed by atoms with Gasteiger partial charge in [0.05, 0.1) is 0 Å². The van der Waals surface area contributed by atoms with Gasteiger partial charge in [0.2, 0.25) is 0 Å². The summed E-state index contributed by atoms with van der Waals surface area (Å²) in [5, 5.41) is 0. The average Bonchev–Trinajstić information content (AvgIpc) is 2.29. The van der Waals surface area contributed by atoms with E-state index in [1.54, 1.807) is 4.31 Å². The molecule has 1 N–H and O–H groups in total. The van der Waals surface area contributed by atoms with Crippen LogP contribution in [0.4, 0.5) is 0 Å². The lowest BCUT2D eigenvalue weighted by atomic mass is 10.0. The van der Waals surface area contributed by atoms with Gasteiger partial charge >= 0.3 is 0 Å². The topological polar surface area (TPSA) is 49.4 Å². The van der Waals surface area contributed by atoms with Gasteiger partial charge in [-0.2, -0.15) is 12.7 Å². The lowest BCUT2D eigenvalue weighted by Crippen LogP contribution is -2.44. The van der Waals surface area contributed by atoms with Gasteiger partial charge in [-0.25, -0.2) is 4.72 Å². The molecule has 102 valence electrons. The van der Waals surface area contributed by atoms with Gasteiger partial charge in [0, 0.05) is 25.5 Å². The summed E-state index contributed by atoms with van der Waals surface area (Å²) >= 11 is 5.56. The van der Waals surface area contributed by atoms with Gasteiger partial charge in [-0.3, -0.25) is 0 Å². The highest BCUT2D eigenvalue weighted by molar-refractivity contribution is 7.87. The van der Waals surface area contributed by atoms with Crippen molar-refractivity contribution >= 4 is 21.8 Å². The summed E-state index contributed by atoms with van der Waals surface area (Å²) in [7, 11) is -3.24. The number of hydrogen-bond acceptors (Lipinski definition) is 2. The van der Waals surface area contributed by atoms with Crippen LogP contribution in [-0.2, 0) is 10.2 Å². The minimum atomic E-state index is -3.24. The Labute approximate surface area is 110 Å². The minimum absolute atomic E-state index is 0.519. The van der Waals surface area contributed by atoms with Crippen molar-refractivity contribution in [1.29, 1.82) is 0 Å². The van der Waals surface area contributed by atoms with Crippen molar-refractivity contribution in [3.63, 3.8) is 0 Å². The second-order valence-corrected chi connectivity index (χ2v) is 6.86. The molecule has 0 atom stereocenters. The van der Waals surface area contributed by atoms with Crippen LogP contribution in [0.25, 0.3) is 0 Å². The molecule has 4 nitrogen and oxygen atoms in total. The first-order chi connectivity index (χ1) is 8.06. The second kappa shape index (κ2) is 7.56. The lowest BCUT2D eigenvalue weighted by molar-refractivity contribution is 0.285. The number of unbranched alkanes of at least 4 members (excludes halogenated alkanes) is 2. The molecule has 0 unspecified atom stereocenters. The van der Waals surface area contributed by atoms with Crippen molar-refractivity contribution in [2.45, 2.75) is 39.0 Å². The lowest BCUT2D eigenvalue weighted by Gasteiger charge is -2.29. The third kappa shape index (κ3) is 5.55. The maximum absolute atomic E-state index is 11.9. The van der Waals surface area contributed by atoms with E-state index in [9.17, 15) is 8.42 Å². The SMILES string of the molecule is CC1CCN(S(=O)(=O)NCCCCCCl)CC1. The smallest absolute Gasteiger partial charge is 0.202 e. The molecule has 0 radical (unpaired) electrons. The van der Waals surface area contributed by atoms with Crippen molar-refractivity contribution in [2.24, 2.45) is 5.92 Å². The van der Waals surface area contributed by atoms with Crippen LogP contribution >= 0.6 is 11.6 Å². The zero-order chi connectivity index (χ0) is 12.7. The van der Waals surface area contributed by atoms with Crippen LogP contribution in [0.15, 0.2) is 0 Å². The molecule has 0 spiro atoms. The molecule has 1 saturated heterocycles. The molecular formula is C11H23ClN2O2S. The van der Waals surface area contributed by atoms with Crippen molar-refractivity contribution in [3.05, 3.63) is 0 Å². The summed E-state index contributed by atoms with van der Waals surface area (Å²) in [5.74, 6) is 1.29. The first-order valence-corrected chi connectivity index (χ1v) is 8.34. The van der Waals surface area contributed by atoms with E-state index in [1.165, 1.54) is 0 Å². The van der Waals surface area contributed by atoms with Crippen molar-refractivity contribution in [1.82, 2.24) is 9.03 Å². The Balaban J connectivity index is 2.25. The molecule has 0 aliphatic carbocycles. The first kappa shape index (κ1) is 15.2. The Bertz CT molecular complexity index is 301. The van der Waals surface area contributed by atoms with Gasteiger partial charge in [0.1, 0.15) is 0 Å². The van der Waals surface area contributed by atoms with Crippen molar-refractivity contribution < 1.29 is 8.42 Å². The molecule has 6 heteroatoms. The maximum Gasteiger partial charge on any atom is 0.279 e. The summed E-state index contributed by atoms with van der Waals surface area (Å²) in [6.07, 6.45) is 4.71. The number of halogens is 1. The number of nitrogens with zero attached hydrogens (tertiary/aromatic N) is 1. The number of nitrogens with one attached hydrogen (secondary N) is 1. The van der Waals surface area contributed by atoms with E-state index in [0.29, 0.717) is 31.4 Å². The third-order valence-electron chi connectivity index (χ3n) is 3.18. The highest BCUT2D eigenvalue weighted by Gasteiger charge is 2.25. The van der Waals surface area contributed by atoms with E-state index in [1.807, 2.05) is 0 Å². The monoisotopic (exact) mass is 282 g/mol. The van der Waals surface area contributed by atoms with Crippen LogP contribution in [0, 0.1) is 5.92 Å². The molecule has 0 saturated carbocycles. The Morgan fingerprint density at radius 1 is 1.24 bits per heavy atom. The van der Waals surface area contributed by atoms with E-state index in [-0.39, 0.29) is 0 Å². The fourth-order valence-electron chi connectivity index (χ4n) is 1.91. The Morgan fingerprint density at radius 3 is 2.47 bits per heavy atom. The van der Waals surface area contributed by atoms with Gasteiger partial charge in [-0.05, 0) is 31.6 Å². The van der Waals surface area contributed by atoms with Crippen LogP contribution in [0.3, 0.4) is 0 Å². The normalized spacial score (nSPS) is 19.6. The van der Waals surface area contributed by atoms with Crippen LogP contribution < -0.4 is 4.72 Å². The molecule has 0 aromatic carbocycles. The standard InChI is InChI=1S/C11H23ClN2O2S/c1-11-5-9-14(10-6-11)17(15,16)13-8-4-2-3-7-12/h11,13H,2-10H2,1H3. The summed E-state index contributed by atoms with van der Waals surface area (Å²) in [6.45, 7) is 3.99. The van der Waals surface area contributed by atoms with Crippen LogP contribution in [-0.4, -0.2) is 38.2 Å². The first-order valence-electron chi connectivity index (χ1n) is 6.37. The minimum Gasteiger partial charge on any atom is -0.202 e. The molecule has 1 rings (SSSR count). The van der Waals surface area contributed by atoms with Gasteiger partial charge in [-0.15, -0.1) is 11.6 Å². The fourth-order valence-corrected chi connectivity index (χ4v) is 3.38. The average molecular weight is 283 g/mol. The molecule has 17 heavy (non-hydrogen) atoms. The van der Waals surface area contributed by atoms with Crippen molar-refractivity contribution in [3.8, 4) is 0 Å². The predicted molar refractivity (Wildman–Crippen MR) is 71.5 cm³/mol. The highest BCUT2D eigenvalue weighted by Crippen LogP contribution is 2.17. The van der Waals surface area contributed by atoms with Crippen molar-refractivity contribution in [2.75, 3.05) is 25.5 Å². The Hall–Kier alpha value is 0.160. The molecule has 0 bridgehead atoms. The van der Waals surface area contributed by atoms with Crippen LogP contribution in [0.2, 0.25) is 0 Å². The molecule has 1 aliphatic rings. The predicted octanol–water partition coefficient (Wildman–Crippen LogP) is 1.96. The quantitative estimate of drug-likeness (QED) is 0.573. The maximum atomic E-state index is 11.9. The van der Waals surface area contributed by atoms with E-state index in [4.69, 9.17) is 11.6 Å². The number of alkyl halides is 1. The Morgan fingerprint density at radius 2 is 1.88 bits per heavy atom. The van der Waals surface area contributed by atoms with E-state index < -0.39 is 10.2 Å². The van der Waals surface area contributed by atoms with Crippen LogP contribution in [0.5, 0.6) is 0 Å². The number of rotatable bonds is 7. The number of hydrogen-bond donors (Lipinski definition) is 1. The summed E-state index contributed by atoms with van der Waals surface area (Å²) in [6, 6.07) is 0.